The minimum Gasteiger partial charge on any atom is -0.0654 e. The highest BCUT2D eigenvalue weighted by Gasteiger charge is 2.44. The Hall–Kier alpha value is -0.780. The third kappa shape index (κ3) is 6.37. The number of rotatable bonds is 15. The van der Waals surface area contributed by atoms with E-state index in [4.69, 9.17) is 0 Å². The lowest BCUT2D eigenvalue weighted by molar-refractivity contribution is 0.221. The molecule has 0 amide bonds. The van der Waals surface area contributed by atoms with Crippen LogP contribution in [0.3, 0.4) is 0 Å². The summed E-state index contributed by atoms with van der Waals surface area (Å²) in [4.78, 5) is 0. The molecule has 0 fully saturated rings. The summed E-state index contributed by atoms with van der Waals surface area (Å²) in [6.07, 6.45) is 22.6. The molecule has 0 heterocycles. The van der Waals surface area contributed by atoms with Gasteiger partial charge < -0.3 is 0 Å². The predicted molar refractivity (Wildman–Crippen MR) is 122 cm³/mol. The molecular formula is C27H46. The van der Waals surface area contributed by atoms with Crippen molar-refractivity contribution in [1.82, 2.24) is 0 Å². The fourth-order valence-electron chi connectivity index (χ4n) is 5.60. The van der Waals surface area contributed by atoms with Crippen LogP contribution in [0.4, 0.5) is 0 Å². The number of hydrogen-bond donors (Lipinski definition) is 0. The third-order valence-electron chi connectivity index (χ3n) is 7.16. The van der Waals surface area contributed by atoms with Gasteiger partial charge in [-0.3, -0.25) is 0 Å². The zero-order valence-corrected chi connectivity index (χ0v) is 18.7. The summed E-state index contributed by atoms with van der Waals surface area (Å²) in [5, 5.41) is 0. The van der Waals surface area contributed by atoms with Gasteiger partial charge in [0.1, 0.15) is 0 Å². The molecule has 0 aliphatic heterocycles. The molecule has 1 atom stereocenters. The minimum absolute atomic E-state index is 0.490. The van der Waals surface area contributed by atoms with E-state index in [0.29, 0.717) is 5.41 Å². The fourth-order valence-corrected chi connectivity index (χ4v) is 5.60. The molecule has 0 radical (unpaired) electrons. The first-order chi connectivity index (χ1) is 13.3. The van der Waals surface area contributed by atoms with Crippen molar-refractivity contribution in [1.29, 1.82) is 0 Å². The predicted octanol–water partition coefficient (Wildman–Crippen LogP) is 9.01. The molecule has 0 spiro atoms. The summed E-state index contributed by atoms with van der Waals surface area (Å²) in [5.74, 6) is 0.898. The smallest absolute Gasteiger partial charge is 0.00129 e. The van der Waals surface area contributed by atoms with Crippen molar-refractivity contribution in [2.75, 3.05) is 0 Å². The monoisotopic (exact) mass is 370 g/mol. The molecular weight excluding hydrogens is 324 g/mol. The standard InChI is InChI=1S/C27H46/c1-4-7-10-13-19-25-23-24-18-14-15-20-26(24)27(25,21-16-11-8-5-2)22-17-12-9-6-3/h14-15,18,20,25H,4-13,16-17,19,21-23H2,1-3H3. The van der Waals surface area contributed by atoms with E-state index in [2.05, 4.69) is 45.0 Å². The Labute approximate surface area is 170 Å². The molecule has 1 aliphatic carbocycles. The number of unbranched alkanes of at least 4 members (excludes halogenated alkanes) is 9. The van der Waals surface area contributed by atoms with Gasteiger partial charge in [0.2, 0.25) is 0 Å². The van der Waals surface area contributed by atoms with Crippen LogP contribution in [0, 0.1) is 5.92 Å². The Kier molecular flexibility index (Phi) is 10.5. The van der Waals surface area contributed by atoms with Crippen LogP contribution in [-0.2, 0) is 11.8 Å². The van der Waals surface area contributed by atoms with Crippen LogP contribution in [-0.4, -0.2) is 0 Å². The van der Waals surface area contributed by atoms with Gasteiger partial charge in [-0.05, 0) is 48.1 Å². The van der Waals surface area contributed by atoms with Gasteiger partial charge in [0.05, 0.1) is 0 Å². The van der Waals surface area contributed by atoms with Crippen LogP contribution in [0.25, 0.3) is 0 Å². The summed E-state index contributed by atoms with van der Waals surface area (Å²) in [5.41, 5.74) is 3.92. The Bertz CT molecular complexity index is 489. The molecule has 27 heavy (non-hydrogen) atoms. The molecule has 2 rings (SSSR count). The lowest BCUT2D eigenvalue weighted by Crippen LogP contribution is -2.32. The molecule has 1 aromatic carbocycles. The SMILES string of the molecule is CCCCCCC1Cc2ccccc2C1(CCCCCC)CCCCCC. The van der Waals surface area contributed by atoms with Gasteiger partial charge in [-0.2, -0.15) is 0 Å². The largest absolute Gasteiger partial charge is 0.0654 e. The summed E-state index contributed by atoms with van der Waals surface area (Å²) in [6.45, 7) is 7.00. The number of fused-ring (bicyclic) bond motifs is 1. The van der Waals surface area contributed by atoms with Crippen molar-refractivity contribution in [3.8, 4) is 0 Å². The van der Waals surface area contributed by atoms with Crippen molar-refractivity contribution in [3.63, 3.8) is 0 Å². The number of hydrogen-bond acceptors (Lipinski definition) is 0. The maximum atomic E-state index is 2.50. The van der Waals surface area contributed by atoms with Crippen LogP contribution in [0.1, 0.15) is 128 Å². The molecule has 0 bridgehead atoms. The Balaban J connectivity index is 2.15. The maximum absolute atomic E-state index is 2.50. The summed E-state index contributed by atoms with van der Waals surface area (Å²) < 4.78 is 0. The maximum Gasteiger partial charge on any atom is -0.00129 e. The second-order valence-electron chi connectivity index (χ2n) is 9.18. The quantitative estimate of drug-likeness (QED) is 0.270. The first-order valence-corrected chi connectivity index (χ1v) is 12.4. The zero-order chi connectivity index (χ0) is 19.4. The zero-order valence-electron chi connectivity index (χ0n) is 18.7. The Morgan fingerprint density at radius 1 is 0.704 bits per heavy atom. The molecule has 0 N–H and O–H groups in total. The molecule has 1 unspecified atom stereocenters. The van der Waals surface area contributed by atoms with Crippen molar-refractivity contribution in [3.05, 3.63) is 35.4 Å². The third-order valence-corrected chi connectivity index (χ3v) is 7.16. The van der Waals surface area contributed by atoms with Gasteiger partial charge in [0.25, 0.3) is 0 Å². The van der Waals surface area contributed by atoms with E-state index in [1.807, 2.05) is 0 Å². The molecule has 0 saturated heterocycles. The summed E-state index contributed by atoms with van der Waals surface area (Å²) in [6, 6.07) is 9.53. The van der Waals surface area contributed by atoms with Crippen LogP contribution in [0.15, 0.2) is 24.3 Å². The Morgan fingerprint density at radius 3 is 1.85 bits per heavy atom. The van der Waals surface area contributed by atoms with Gasteiger partial charge in [-0.25, -0.2) is 0 Å². The average Bonchev–Trinajstić information content (AvgIpc) is 3.00. The second-order valence-corrected chi connectivity index (χ2v) is 9.18. The van der Waals surface area contributed by atoms with Crippen molar-refractivity contribution in [2.24, 2.45) is 5.92 Å². The van der Waals surface area contributed by atoms with Gasteiger partial charge in [0.15, 0.2) is 0 Å². The topological polar surface area (TPSA) is 0 Å². The van der Waals surface area contributed by atoms with Crippen LogP contribution < -0.4 is 0 Å². The van der Waals surface area contributed by atoms with Crippen molar-refractivity contribution < 1.29 is 0 Å². The lowest BCUT2D eigenvalue weighted by Gasteiger charge is -2.38. The van der Waals surface area contributed by atoms with Gasteiger partial charge in [0, 0.05) is 0 Å². The van der Waals surface area contributed by atoms with Crippen LogP contribution in [0.5, 0.6) is 0 Å². The van der Waals surface area contributed by atoms with Gasteiger partial charge >= 0.3 is 0 Å². The highest BCUT2D eigenvalue weighted by Crippen LogP contribution is 2.52. The first-order valence-electron chi connectivity index (χ1n) is 12.4. The summed E-state index contributed by atoms with van der Waals surface area (Å²) >= 11 is 0. The van der Waals surface area contributed by atoms with E-state index in [1.54, 1.807) is 11.1 Å². The molecule has 1 aliphatic rings. The van der Waals surface area contributed by atoms with E-state index in [0.717, 1.165) is 5.92 Å². The van der Waals surface area contributed by atoms with E-state index >= 15 is 0 Å². The van der Waals surface area contributed by atoms with E-state index < -0.39 is 0 Å². The first kappa shape index (κ1) is 22.5. The van der Waals surface area contributed by atoms with E-state index in [-0.39, 0.29) is 0 Å². The average molecular weight is 371 g/mol. The molecule has 0 aromatic heterocycles. The molecule has 0 nitrogen and oxygen atoms in total. The van der Waals surface area contributed by atoms with E-state index in [1.165, 1.54) is 103 Å². The minimum atomic E-state index is 0.490. The normalized spacial score (nSPS) is 18.0. The van der Waals surface area contributed by atoms with Crippen LogP contribution in [0.2, 0.25) is 0 Å². The summed E-state index contributed by atoms with van der Waals surface area (Å²) in [7, 11) is 0. The van der Waals surface area contributed by atoms with Crippen molar-refractivity contribution >= 4 is 0 Å². The van der Waals surface area contributed by atoms with Gasteiger partial charge in [-0.1, -0.05) is 122 Å². The highest BCUT2D eigenvalue weighted by molar-refractivity contribution is 5.41. The van der Waals surface area contributed by atoms with Crippen LogP contribution >= 0.6 is 0 Å². The second kappa shape index (κ2) is 12.6. The lowest BCUT2D eigenvalue weighted by atomic mass is 9.66. The van der Waals surface area contributed by atoms with Gasteiger partial charge in [-0.15, -0.1) is 0 Å². The van der Waals surface area contributed by atoms with E-state index in [9.17, 15) is 0 Å². The molecule has 0 heteroatoms. The molecule has 1 aromatic rings. The molecule has 154 valence electrons. The van der Waals surface area contributed by atoms with Crippen molar-refractivity contribution in [2.45, 2.75) is 129 Å². The number of benzene rings is 1. The Morgan fingerprint density at radius 2 is 1.26 bits per heavy atom. The molecule has 0 saturated carbocycles. The highest BCUT2D eigenvalue weighted by atomic mass is 14.5. The fraction of sp³-hybridized carbons (Fsp3) is 0.778.